The molecule has 0 saturated heterocycles. The van der Waals surface area contributed by atoms with Gasteiger partial charge in [0.15, 0.2) is 0 Å². The minimum atomic E-state index is -0.310. The fourth-order valence-corrected chi connectivity index (χ4v) is 3.61. The van der Waals surface area contributed by atoms with Crippen molar-refractivity contribution >= 4 is 21.4 Å². The molecule has 1 heterocycles. The number of halogens is 2. The SMILES string of the molecule is CNCc1sc2c(F)ccc(F)c2c1C1CC1. The van der Waals surface area contributed by atoms with Crippen LogP contribution in [0.3, 0.4) is 0 Å². The van der Waals surface area contributed by atoms with Crippen molar-refractivity contribution in [1.82, 2.24) is 5.32 Å². The molecule has 4 heteroatoms. The molecule has 1 aliphatic rings. The third kappa shape index (κ3) is 1.76. The standard InChI is InChI=1S/C13H13F2NS/c1-16-6-10-11(7-2-3-7)12-8(14)4-5-9(15)13(12)17-10/h4-5,7,16H,2-3,6H2,1H3. The van der Waals surface area contributed by atoms with Crippen molar-refractivity contribution in [3.05, 3.63) is 34.2 Å². The molecule has 1 fully saturated rings. The van der Waals surface area contributed by atoms with Crippen LogP contribution < -0.4 is 5.32 Å². The first kappa shape index (κ1) is 11.1. The molecule has 1 N–H and O–H groups in total. The Morgan fingerprint density at radius 1 is 1.29 bits per heavy atom. The summed E-state index contributed by atoms with van der Waals surface area (Å²) in [7, 11) is 1.85. The van der Waals surface area contributed by atoms with Crippen LogP contribution in [0.5, 0.6) is 0 Å². The lowest BCUT2D eigenvalue weighted by Gasteiger charge is -2.02. The van der Waals surface area contributed by atoms with Crippen LogP contribution in [0.25, 0.3) is 10.1 Å². The predicted octanol–water partition coefficient (Wildman–Crippen LogP) is 3.78. The molecule has 1 saturated carbocycles. The molecule has 90 valence electrons. The number of hydrogen-bond donors (Lipinski definition) is 1. The molecule has 0 radical (unpaired) electrons. The van der Waals surface area contributed by atoms with Crippen LogP contribution in [0.1, 0.15) is 29.2 Å². The zero-order valence-corrected chi connectivity index (χ0v) is 10.3. The van der Waals surface area contributed by atoms with Gasteiger partial charge in [0.25, 0.3) is 0 Å². The Morgan fingerprint density at radius 3 is 2.65 bits per heavy atom. The molecule has 0 aliphatic heterocycles. The number of hydrogen-bond acceptors (Lipinski definition) is 2. The normalized spacial score (nSPS) is 15.7. The van der Waals surface area contributed by atoms with Crippen molar-refractivity contribution in [2.75, 3.05) is 7.05 Å². The van der Waals surface area contributed by atoms with Gasteiger partial charge in [0.05, 0.1) is 4.70 Å². The average molecular weight is 253 g/mol. The highest BCUT2D eigenvalue weighted by Gasteiger charge is 2.31. The van der Waals surface area contributed by atoms with E-state index in [1.165, 1.54) is 23.5 Å². The van der Waals surface area contributed by atoms with Crippen molar-refractivity contribution in [3.63, 3.8) is 0 Å². The number of nitrogens with one attached hydrogen (secondary N) is 1. The van der Waals surface area contributed by atoms with E-state index in [2.05, 4.69) is 5.32 Å². The van der Waals surface area contributed by atoms with Gasteiger partial charge >= 0.3 is 0 Å². The average Bonchev–Trinajstić information content (AvgIpc) is 3.06. The van der Waals surface area contributed by atoms with Gasteiger partial charge in [-0.2, -0.15) is 0 Å². The monoisotopic (exact) mass is 253 g/mol. The van der Waals surface area contributed by atoms with Crippen molar-refractivity contribution < 1.29 is 8.78 Å². The lowest BCUT2D eigenvalue weighted by atomic mass is 10.1. The summed E-state index contributed by atoms with van der Waals surface area (Å²) in [6, 6.07) is 2.45. The van der Waals surface area contributed by atoms with Crippen LogP contribution in [0.2, 0.25) is 0 Å². The van der Waals surface area contributed by atoms with Gasteiger partial charge in [0, 0.05) is 16.8 Å². The smallest absolute Gasteiger partial charge is 0.141 e. The summed E-state index contributed by atoms with van der Waals surface area (Å²) in [5.74, 6) is -0.166. The molecule has 1 aromatic heterocycles. The van der Waals surface area contributed by atoms with Crippen LogP contribution in [-0.2, 0) is 6.54 Å². The minimum absolute atomic E-state index is 0.290. The summed E-state index contributed by atoms with van der Waals surface area (Å²) in [6.45, 7) is 0.685. The quantitative estimate of drug-likeness (QED) is 0.877. The first-order chi connectivity index (χ1) is 8.22. The lowest BCUT2D eigenvalue weighted by molar-refractivity contribution is 0.618. The summed E-state index contributed by atoms with van der Waals surface area (Å²) >= 11 is 1.38. The van der Waals surface area contributed by atoms with Crippen molar-refractivity contribution in [1.29, 1.82) is 0 Å². The highest BCUT2D eigenvalue weighted by molar-refractivity contribution is 7.19. The second kappa shape index (κ2) is 4.03. The first-order valence-corrected chi connectivity index (χ1v) is 6.58. The van der Waals surface area contributed by atoms with Crippen LogP contribution >= 0.6 is 11.3 Å². The van der Waals surface area contributed by atoms with E-state index in [0.717, 1.165) is 23.3 Å². The Labute approximate surface area is 102 Å². The maximum absolute atomic E-state index is 13.9. The van der Waals surface area contributed by atoms with Crippen molar-refractivity contribution in [2.45, 2.75) is 25.3 Å². The van der Waals surface area contributed by atoms with E-state index in [4.69, 9.17) is 0 Å². The van der Waals surface area contributed by atoms with Crippen LogP contribution in [0.15, 0.2) is 12.1 Å². The number of thiophene rings is 1. The second-order valence-electron chi connectivity index (χ2n) is 4.48. The van der Waals surface area contributed by atoms with Gasteiger partial charge in [-0.05, 0) is 43.5 Å². The Hall–Kier alpha value is -1.00. The Balaban J connectivity index is 2.30. The molecule has 0 atom stereocenters. The third-order valence-electron chi connectivity index (χ3n) is 3.18. The second-order valence-corrected chi connectivity index (χ2v) is 5.58. The zero-order valence-electron chi connectivity index (χ0n) is 9.52. The van der Waals surface area contributed by atoms with E-state index < -0.39 is 0 Å². The maximum atomic E-state index is 13.9. The topological polar surface area (TPSA) is 12.0 Å². The van der Waals surface area contributed by atoms with Crippen molar-refractivity contribution in [2.24, 2.45) is 0 Å². The van der Waals surface area contributed by atoms with Gasteiger partial charge in [-0.15, -0.1) is 11.3 Å². The fraction of sp³-hybridized carbons (Fsp3) is 0.385. The number of benzene rings is 1. The van der Waals surface area contributed by atoms with Gasteiger partial charge in [-0.3, -0.25) is 0 Å². The summed E-state index contributed by atoms with van der Waals surface area (Å²) in [5, 5.41) is 3.59. The molecule has 1 aliphatic carbocycles. The van der Waals surface area contributed by atoms with E-state index in [9.17, 15) is 8.78 Å². The van der Waals surface area contributed by atoms with E-state index >= 15 is 0 Å². The molecular formula is C13H13F2NS. The largest absolute Gasteiger partial charge is 0.315 e. The minimum Gasteiger partial charge on any atom is -0.315 e. The van der Waals surface area contributed by atoms with Gasteiger partial charge in [-0.1, -0.05) is 0 Å². The maximum Gasteiger partial charge on any atom is 0.141 e. The van der Waals surface area contributed by atoms with Crippen LogP contribution in [-0.4, -0.2) is 7.05 Å². The third-order valence-corrected chi connectivity index (χ3v) is 4.39. The summed E-state index contributed by atoms with van der Waals surface area (Å²) in [4.78, 5) is 1.08. The lowest BCUT2D eigenvalue weighted by Crippen LogP contribution is -2.05. The molecule has 1 aromatic carbocycles. The highest BCUT2D eigenvalue weighted by atomic mass is 32.1. The molecule has 17 heavy (non-hydrogen) atoms. The number of rotatable bonds is 3. The van der Waals surface area contributed by atoms with E-state index in [-0.39, 0.29) is 11.6 Å². The molecule has 2 aromatic rings. The van der Waals surface area contributed by atoms with E-state index in [1.54, 1.807) is 0 Å². The molecular weight excluding hydrogens is 240 g/mol. The molecule has 3 rings (SSSR count). The van der Waals surface area contributed by atoms with Gasteiger partial charge < -0.3 is 5.32 Å². The molecule has 1 nitrogen and oxygen atoms in total. The van der Waals surface area contributed by atoms with Gasteiger partial charge in [-0.25, -0.2) is 8.78 Å². The van der Waals surface area contributed by atoms with E-state index in [1.807, 2.05) is 7.05 Å². The predicted molar refractivity (Wildman–Crippen MR) is 66.5 cm³/mol. The Morgan fingerprint density at radius 2 is 2.00 bits per heavy atom. The Kier molecular flexibility index (Phi) is 2.64. The summed E-state index contributed by atoms with van der Waals surface area (Å²) in [6.07, 6.45) is 2.19. The molecule has 0 unspecified atom stereocenters. The van der Waals surface area contributed by atoms with Crippen LogP contribution in [0.4, 0.5) is 8.78 Å². The summed E-state index contributed by atoms with van der Waals surface area (Å²) in [5.41, 5.74) is 1.04. The van der Waals surface area contributed by atoms with Crippen LogP contribution in [0, 0.1) is 11.6 Å². The fourth-order valence-electron chi connectivity index (χ4n) is 2.30. The first-order valence-electron chi connectivity index (χ1n) is 5.76. The molecule has 0 amide bonds. The zero-order chi connectivity index (χ0) is 12.0. The van der Waals surface area contributed by atoms with Gasteiger partial charge in [0.1, 0.15) is 11.6 Å². The Bertz CT molecular complexity index is 572. The van der Waals surface area contributed by atoms with Crippen molar-refractivity contribution in [3.8, 4) is 0 Å². The van der Waals surface area contributed by atoms with Gasteiger partial charge in [0.2, 0.25) is 0 Å². The molecule has 0 bridgehead atoms. The molecule has 0 spiro atoms. The number of fused-ring (bicyclic) bond motifs is 1. The highest BCUT2D eigenvalue weighted by Crippen LogP contribution is 2.49. The summed E-state index contributed by atoms with van der Waals surface area (Å²) < 4.78 is 28.1. The van der Waals surface area contributed by atoms with E-state index in [0.29, 0.717) is 22.5 Å².